The van der Waals surface area contributed by atoms with Gasteiger partial charge < -0.3 is 4.74 Å². The molecule has 0 fully saturated rings. The zero-order valence-corrected chi connectivity index (χ0v) is 21.4. The first-order valence-electron chi connectivity index (χ1n) is 13.9. The van der Waals surface area contributed by atoms with Gasteiger partial charge in [0.15, 0.2) is 0 Å². The first kappa shape index (κ1) is 31.1. The Morgan fingerprint density at radius 2 is 0.517 bits per heavy atom. The van der Waals surface area contributed by atoms with E-state index in [0.717, 1.165) is 13.2 Å². The second kappa shape index (κ2) is 32.6. The number of hydrogen-bond donors (Lipinski definition) is 0. The lowest BCUT2D eigenvalue weighted by molar-refractivity contribution is 0.125. The Morgan fingerprint density at radius 3 is 0.759 bits per heavy atom. The predicted molar refractivity (Wildman–Crippen MR) is 135 cm³/mol. The molecule has 0 spiro atoms. The fourth-order valence-electron chi connectivity index (χ4n) is 3.49. The number of ether oxygens (including phenoxy) is 1. The molecule has 1 nitrogen and oxygen atoms in total. The standard InChI is InChI=1S/C24H50O.C4H10/c1-3-5-7-9-11-13-15-17-19-21-23-25-24-22-20-18-16-14-12-10-8-6-4-2;1-3-4-2/h3-24H2,1-2H3;3-4H2,1-2H3. The number of unbranched alkanes of at least 4 members (excludes halogenated alkanes) is 19. The fraction of sp³-hybridized carbons (Fsp3) is 1.00. The Hall–Kier alpha value is -0.0400. The molecule has 0 unspecified atom stereocenters. The molecule has 0 aliphatic carbocycles. The molecular formula is C28H60O. The largest absolute Gasteiger partial charge is 0.381 e. The Balaban J connectivity index is 0. The third kappa shape index (κ3) is 35.7. The zero-order valence-electron chi connectivity index (χ0n) is 21.4. The van der Waals surface area contributed by atoms with Crippen LogP contribution in [0.25, 0.3) is 0 Å². The molecule has 0 aliphatic rings. The minimum atomic E-state index is 0.994. The molecule has 0 radical (unpaired) electrons. The first-order valence-corrected chi connectivity index (χ1v) is 13.9. The van der Waals surface area contributed by atoms with E-state index in [1.54, 1.807) is 0 Å². The van der Waals surface area contributed by atoms with Crippen molar-refractivity contribution in [1.29, 1.82) is 0 Å². The van der Waals surface area contributed by atoms with Crippen LogP contribution in [0.2, 0.25) is 0 Å². The second-order valence-corrected chi connectivity index (χ2v) is 8.98. The van der Waals surface area contributed by atoms with Gasteiger partial charge in [-0.3, -0.25) is 0 Å². The Kier molecular flexibility index (Phi) is 35.0. The van der Waals surface area contributed by atoms with Crippen molar-refractivity contribution >= 4 is 0 Å². The van der Waals surface area contributed by atoms with Crippen molar-refractivity contribution in [3.63, 3.8) is 0 Å². The van der Waals surface area contributed by atoms with Gasteiger partial charge >= 0.3 is 0 Å². The summed E-state index contributed by atoms with van der Waals surface area (Å²) in [6, 6.07) is 0. The van der Waals surface area contributed by atoms with E-state index in [9.17, 15) is 0 Å². The molecule has 29 heavy (non-hydrogen) atoms. The lowest BCUT2D eigenvalue weighted by atomic mass is 10.1. The molecule has 0 bridgehead atoms. The number of hydrogen-bond acceptors (Lipinski definition) is 1. The van der Waals surface area contributed by atoms with Gasteiger partial charge in [-0.2, -0.15) is 0 Å². The third-order valence-electron chi connectivity index (χ3n) is 5.78. The van der Waals surface area contributed by atoms with Gasteiger partial charge in [0.05, 0.1) is 0 Å². The average molecular weight is 413 g/mol. The summed E-state index contributed by atoms with van der Waals surface area (Å²) < 4.78 is 5.78. The number of rotatable bonds is 23. The van der Waals surface area contributed by atoms with Gasteiger partial charge in [0.2, 0.25) is 0 Å². The SMILES string of the molecule is CCCC.CCCCCCCCCCCCOCCCCCCCCCCCC. The van der Waals surface area contributed by atoms with Crippen molar-refractivity contribution in [3.8, 4) is 0 Å². The Morgan fingerprint density at radius 1 is 0.276 bits per heavy atom. The maximum absolute atomic E-state index is 5.78. The van der Waals surface area contributed by atoms with Crippen LogP contribution in [-0.2, 0) is 4.74 Å². The van der Waals surface area contributed by atoms with Gasteiger partial charge in [-0.1, -0.05) is 156 Å². The molecule has 0 heterocycles. The maximum Gasteiger partial charge on any atom is 0.0466 e. The molecule has 0 N–H and O–H groups in total. The van der Waals surface area contributed by atoms with Crippen molar-refractivity contribution in [1.82, 2.24) is 0 Å². The monoisotopic (exact) mass is 412 g/mol. The Labute approximate surface area is 187 Å². The molecule has 0 aromatic carbocycles. The van der Waals surface area contributed by atoms with Gasteiger partial charge in [-0.25, -0.2) is 0 Å². The van der Waals surface area contributed by atoms with Crippen molar-refractivity contribution in [3.05, 3.63) is 0 Å². The van der Waals surface area contributed by atoms with Gasteiger partial charge in [-0.15, -0.1) is 0 Å². The van der Waals surface area contributed by atoms with Crippen LogP contribution >= 0.6 is 0 Å². The molecule has 0 saturated heterocycles. The summed E-state index contributed by atoms with van der Waals surface area (Å²) in [4.78, 5) is 0. The molecule has 0 aromatic heterocycles. The minimum Gasteiger partial charge on any atom is -0.381 e. The highest BCUT2D eigenvalue weighted by Crippen LogP contribution is 2.12. The zero-order chi connectivity index (χ0) is 21.7. The van der Waals surface area contributed by atoms with Crippen LogP contribution in [0.5, 0.6) is 0 Å². The molecule has 0 amide bonds. The van der Waals surface area contributed by atoms with Crippen LogP contribution in [0.4, 0.5) is 0 Å². The molecule has 0 aromatic rings. The van der Waals surface area contributed by atoms with E-state index >= 15 is 0 Å². The topological polar surface area (TPSA) is 9.23 Å². The third-order valence-corrected chi connectivity index (χ3v) is 5.78. The van der Waals surface area contributed by atoms with E-state index < -0.39 is 0 Å². The molecule has 0 saturated carbocycles. The van der Waals surface area contributed by atoms with E-state index in [1.165, 1.54) is 141 Å². The van der Waals surface area contributed by atoms with Crippen molar-refractivity contribution < 1.29 is 4.74 Å². The Bertz CT molecular complexity index is 214. The summed E-state index contributed by atoms with van der Waals surface area (Å²) in [5.41, 5.74) is 0. The van der Waals surface area contributed by atoms with E-state index in [2.05, 4.69) is 27.7 Å². The van der Waals surface area contributed by atoms with Gasteiger partial charge in [0.1, 0.15) is 0 Å². The minimum absolute atomic E-state index is 0.994. The summed E-state index contributed by atoms with van der Waals surface area (Å²) in [5, 5.41) is 0. The summed E-state index contributed by atoms with van der Waals surface area (Å²) in [7, 11) is 0. The van der Waals surface area contributed by atoms with E-state index in [1.807, 2.05) is 0 Å². The fourth-order valence-corrected chi connectivity index (χ4v) is 3.49. The lowest BCUT2D eigenvalue weighted by Gasteiger charge is -2.05. The van der Waals surface area contributed by atoms with Crippen LogP contribution in [0, 0.1) is 0 Å². The quantitative estimate of drug-likeness (QED) is 0.152. The smallest absolute Gasteiger partial charge is 0.0466 e. The van der Waals surface area contributed by atoms with Crippen LogP contribution in [0.15, 0.2) is 0 Å². The summed E-state index contributed by atoms with van der Waals surface area (Å²) >= 11 is 0. The van der Waals surface area contributed by atoms with Crippen LogP contribution < -0.4 is 0 Å². The highest BCUT2D eigenvalue weighted by Gasteiger charge is 1.95. The van der Waals surface area contributed by atoms with Crippen LogP contribution in [-0.4, -0.2) is 13.2 Å². The maximum atomic E-state index is 5.78. The molecule has 0 rings (SSSR count). The van der Waals surface area contributed by atoms with E-state index in [0.29, 0.717) is 0 Å². The summed E-state index contributed by atoms with van der Waals surface area (Å²) in [6.45, 7) is 10.9. The lowest BCUT2D eigenvalue weighted by Crippen LogP contribution is -1.97. The van der Waals surface area contributed by atoms with Crippen molar-refractivity contribution in [2.24, 2.45) is 0 Å². The predicted octanol–water partition coefficient (Wildman–Crippen LogP) is 10.7. The molecular weight excluding hydrogens is 352 g/mol. The molecule has 1 heteroatoms. The van der Waals surface area contributed by atoms with Gasteiger partial charge in [0, 0.05) is 13.2 Å². The second-order valence-electron chi connectivity index (χ2n) is 8.98. The molecule has 178 valence electrons. The van der Waals surface area contributed by atoms with E-state index in [4.69, 9.17) is 4.74 Å². The highest BCUT2D eigenvalue weighted by molar-refractivity contribution is 4.49. The van der Waals surface area contributed by atoms with Crippen molar-refractivity contribution in [2.45, 2.75) is 169 Å². The van der Waals surface area contributed by atoms with Gasteiger partial charge in [0.25, 0.3) is 0 Å². The molecule has 0 aliphatic heterocycles. The van der Waals surface area contributed by atoms with Gasteiger partial charge in [-0.05, 0) is 12.8 Å². The van der Waals surface area contributed by atoms with E-state index in [-0.39, 0.29) is 0 Å². The normalized spacial score (nSPS) is 10.8. The highest BCUT2D eigenvalue weighted by atomic mass is 16.5. The summed E-state index contributed by atoms with van der Waals surface area (Å²) in [6.07, 6.45) is 30.8. The van der Waals surface area contributed by atoms with Crippen molar-refractivity contribution in [2.75, 3.05) is 13.2 Å². The summed E-state index contributed by atoms with van der Waals surface area (Å²) in [5.74, 6) is 0. The van der Waals surface area contributed by atoms with Crippen LogP contribution in [0.3, 0.4) is 0 Å². The average Bonchev–Trinajstić information content (AvgIpc) is 2.75. The first-order chi connectivity index (χ1) is 14.3. The van der Waals surface area contributed by atoms with Crippen LogP contribution in [0.1, 0.15) is 169 Å². The molecule has 0 atom stereocenters.